The van der Waals surface area contributed by atoms with Crippen molar-refractivity contribution in [3.63, 3.8) is 0 Å². The van der Waals surface area contributed by atoms with Crippen molar-refractivity contribution in [1.29, 1.82) is 0 Å². The lowest BCUT2D eigenvalue weighted by Gasteiger charge is -2.09. The molecule has 0 unspecified atom stereocenters. The van der Waals surface area contributed by atoms with Crippen LogP contribution >= 0.6 is 11.6 Å². The lowest BCUT2D eigenvalue weighted by molar-refractivity contribution is -0.142. The van der Waals surface area contributed by atoms with Gasteiger partial charge in [0.05, 0.1) is 18.4 Å². The van der Waals surface area contributed by atoms with Gasteiger partial charge < -0.3 is 14.8 Å². The van der Waals surface area contributed by atoms with Crippen LogP contribution in [0.25, 0.3) is 6.08 Å². The summed E-state index contributed by atoms with van der Waals surface area (Å²) in [4.78, 5) is 23.6. The largest absolute Gasteiger partial charge is 0.495 e. The van der Waals surface area contributed by atoms with Gasteiger partial charge in [-0.3, -0.25) is 4.79 Å². The number of halogens is 4. The fraction of sp³-hybridized carbons (Fsp3) is 0.158. The Labute approximate surface area is 163 Å². The van der Waals surface area contributed by atoms with Crippen molar-refractivity contribution in [2.75, 3.05) is 19.0 Å². The zero-order valence-electron chi connectivity index (χ0n) is 14.5. The number of methoxy groups -OCH3 is 1. The summed E-state index contributed by atoms with van der Waals surface area (Å²) >= 11 is 5.83. The molecule has 148 valence electrons. The summed E-state index contributed by atoms with van der Waals surface area (Å²) in [5.74, 6) is -1.09. The number of alkyl halides is 3. The van der Waals surface area contributed by atoms with E-state index in [9.17, 15) is 22.8 Å². The molecule has 0 bridgehead atoms. The fourth-order valence-electron chi connectivity index (χ4n) is 2.12. The minimum absolute atomic E-state index is 0.00749. The van der Waals surface area contributed by atoms with E-state index in [1.165, 1.54) is 7.11 Å². The maximum absolute atomic E-state index is 12.7. The predicted octanol–water partition coefficient (Wildman–Crippen LogP) is 4.56. The molecule has 0 aromatic heterocycles. The van der Waals surface area contributed by atoms with Crippen molar-refractivity contribution >= 4 is 35.2 Å². The summed E-state index contributed by atoms with van der Waals surface area (Å²) in [7, 11) is 1.44. The first kappa shape index (κ1) is 21.3. The van der Waals surface area contributed by atoms with Crippen LogP contribution in [0, 0.1) is 0 Å². The Morgan fingerprint density at radius 3 is 2.57 bits per heavy atom. The lowest BCUT2D eigenvalue weighted by atomic mass is 10.1. The molecule has 1 N–H and O–H groups in total. The van der Waals surface area contributed by atoms with Crippen molar-refractivity contribution in [2.24, 2.45) is 0 Å². The van der Waals surface area contributed by atoms with Gasteiger partial charge in [-0.2, -0.15) is 13.2 Å². The normalized spacial score (nSPS) is 11.3. The van der Waals surface area contributed by atoms with Gasteiger partial charge in [0.25, 0.3) is 5.91 Å². The average molecular weight is 414 g/mol. The molecule has 2 aromatic rings. The third-order valence-electron chi connectivity index (χ3n) is 3.45. The Kier molecular flexibility index (Phi) is 7.06. The minimum atomic E-state index is -4.54. The molecule has 2 rings (SSSR count). The summed E-state index contributed by atoms with van der Waals surface area (Å²) in [6.07, 6.45) is -2.57. The molecule has 1 amide bonds. The number of benzene rings is 2. The molecular weight excluding hydrogens is 399 g/mol. The third kappa shape index (κ3) is 6.02. The molecule has 0 saturated heterocycles. The van der Waals surface area contributed by atoms with Crippen molar-refractivity contribution in [3.8, 4) is 5.75 Å². The van der Waals surface area contributed by atoms with Crippen molar-refractivity contribution in [1.82, 2.24) is 0 Å². The quantitative estimate of drug-likeness (QED) is 0.557. The second-order valence-electron chi connectivity index (χ2n) is 5.42. The van der Waals surface area contributed by atoms with Crippen molar-refractivity contribution in [2.45, 2.75) is 6.18 Å². The van der Waals surface area contributed by atoms with Gasteiger partial charge in [0.1, 0.15) is 5.75 Å². The van der Waals surface area contributed by atoms with Crippen molar-refractivity contribution in [3.05, 3.63) is 64.7 Å². The van der Waals surface area contributed by atoms with Crippen LogP contribution in [-0.2, 0) is 20.5 Å². The number of nitrogens with one attached hydrogen (secondary N) is 1. The lowest BCUT2D eigenvalue weighted by Crippen LogP contribution is -2.20. The van der Waals surface area contributed by atoms with Crippen LogP contribution in [0.3, 0.4) is 0 Å². The number of esters is 1. The van der Waals surface area contributed by atoms with E-state index in [1.807, 2.05) is 0 Å². The number of ether oxygens (including phenoxy) is 2. The monoisotopic (exact) mass is 413 g/mol. The summed E-state index contributed by atoms with van der Waals surface area (Å²) < 4.78 is 48.0. The zero-order chi connectivity index (χ0) is 20.7. The molecule has 0 aliphatic carbocycles. The van der Waals surface area contributed by atoms with Crippen molar-refractivity contribution < 1.29 is 32.2 Å². The molecular formula is C19H15ClF3NO4. The maximum atomic E-state index is 12.7. The van der Waals surface area contributed by atoms with Crippen LogP contribution in [0.1, 0.15) is 11.1 Å². The maximum Gasteiger partial charge on any atom is 0.416 e. The van der Waals surface area contributed by atoms with Gasteiger partial charge >= 0.3 is 12.1 Å². The van der Waals surface area contributed by atoms with E-state index in [0.717, 1.165) is 30.4 Å². The topological polar surface area (TPSA) is 64.6 Å². The highest BCUT2D eigenvalue weighted by atomic mass is 35.5. The first-order chi connectivity index (χ1) is 13.2. The molecule has 2 aromatic carbocycles. The van der Waals surface area contributed by atoms with E-state index >= 15 is 0 Å². The van der Waals surface area contributed by atoms with Crippen LogP contribution in [0.2, 0.25) is 5.02 Å². The molecule has 0 heterocycles. The van der Waals surface area contributed by atoms with Gasteiger partial charge in [-0.05, 0) is 42.0 Å². The Hall–Kier alpha value is -3.00. The van der Waals surface area contributed by atoms with Gasteiger partial charge in [0.2, 0.25) is 0 Å². The molecule has 0 fully saturated rings. The van der Waals surface area contributed by atoms with Crippen LogP contribution in [0.4, 0.5) is 18.9 Å². The van der Waals surface area contributed by atoms with Crippen LogP contribution in [-0.4, -0.2) is 25.6 Å². The SMILES string of the molecule is COc1ccccc1NC(=O)COC(=O)/C=C/c1cc(C(F)(F)F)ccc1Cl. The van der Waals surface area contributed by atoms with Gasteiger partial charge in [0, 0.05) is 11.1 Å². The first-order valence-electron chi connectivity index (χ1n) is 7.85. The highest BCUT2D eigenvalue weighted by Crippen LogP contribution is 2.32. The molecule has 0 atom stereocenters. The van der Waals surface area contributed by atoms with E-state index in [1.54, 1.807) is 24.3 Å². The van der Waals surface area contributed by atoms with Gasteiger partial charge in [-0.25, -0.2) is 4.79 Å². The first-order valence-corrected chi connectivity index (χ1v) is 8.23. The standard InChI is InChI=1S/C19H15ClF3NO4/c1-27-16-5-3-2-4-15(16)24-17(25)11-28-18(26)9-6-12-10-13(19(21,22)23)7-8-14(12)20/h2-10H,11H2,1H3,(H,24,25)/b9-6+. The van der Waals surface area contributed by atoms with Crippen LogP contribution in [0.15, 0.2) is 48.5 Å². The molecule has 0 saturated carbocycles. The van der Waals surface area contributed by atoms with E-state index in [4.69, 9.17) is 21.1 Å². The highest BCUT2D eigenvalue weighted by molar-refractivity contribution is 6.32. The Morgan fingerprint density at radius 2 is 1.89 bits per heavy atom. The smallest absolute Gasteiger partial charge is 0.416 e. The number of carbonyl (C=O) groups is 2. The van der Waals surface area contributed by atoms with E-state index in [2.05, 4.69) is 5.32 Å². The van der Waals surface area contributed by atoms with E-state index < -0.39 is 30.2 Å². The Balaban J connectivity index is 1.94. The summed E-state index contributed by atoms with van der Waals surface area (Å²) in [5.41, 5.74) is -0.509. The minimum Gasteiger partial charge on any atom is -0.495 e. The molecule has 28 heavy (non-hydrogen) atoms. The van der Waals surface area contributed by atoms with Gasteiger partial charge in [-0.15, -0.1) is 0 Å². The molecule has 5 nitrogen and oxygen atoms in total. The van der Waals surface area contributed by atoms with Gasteiger partial charge in [0.15, 0.2) is 6.61 Å². The van der Waals surface area contributed by atoms with Gasteiger partial charge in [-0.1, -0.05) is 23.7 Å². The number of anilines is 1. The molecule has 0 spiro atoms. The molecule has 9 heteroatoms. The van der Waals surface area contributed by atoms with E-state index in [-0.39, 0.29) is 10.6 Å². The second kappa shape index (κ2) is 9.27. The second-order valence-corrected chi connectivity index (χ2v) is 5.83. The molecule has 0 aliphatic rings. The molecule has 0 radical (unpaired) electrons. The Morgan fingerprint density at radius 1 is 1.18 bits per heavy atom. The fourth-order valence-corrected chi connectivity index (χ4v) is 2.31. The number of rotatable bonds is 6. The van der Waals surface area contributed by atoms with Crippen LogP contribution in [0.5, 0.6) is 5.75 Å². The summed E-state index contributed by atoms with van der Waals surface area (Å²) in [5, 5.41) is 2.55. The number of hydrogen-bond acceptors (Lipinski definition) is 4. The number of amides is 1. The predicted molar refractivity (Wildman–Crippen MR) is 98.1 cm³/mol. The Bertz CT molecular complexity index is 897. The average Bonchev–Trinajstić information content (AvgIpc) is 2.65. The number of hydrogen-bond donors (Lipinski definition) is 1. The van der Waals surface area contributed by atoms with Crippen LogP contribution < -0.4 is 10.1 Å². The third-order valence-corrected chi connectivity index (χ3v) is 3.79. The number of carbonyl (C=O) groups excluding carboxylic acids is 2. The number of para-hydroxylation sites is 2. The zero-order valence-corrected chi connectivity index (χ0v) is 15.3. The molecule has 0 aliphatic heterocycles. The summed E-state index contributed by atoms with van der Waals surface area (Å²) in [6.45, 7) is -0.586. The highest BCUT2D eigenvalue weighted by Gasteiger charge is 2.30. The van der Waals surface area contributed by atoms with E-state index in [0.29, 0.717) is 11.4 Å². The summed E-state index contributed by atoms with van der Waals surface area (Å²) in [6, 6.07) is 9.37.